The first kappa shape index (κ1) is 14.8. The molecule has 0 N–H and O–H groups in total. The van der Waals surface area contributed by atoms with E-state index in [9.17, 15) is 4.79 Å². The van der Waals surface area contributed by atoms with Crippen molar-refractivity contribution < 1.29 is 14.1 Å². The third-order valence-corrected chi connectivity index (χ3v) is 5.09. The predicted octanol–water partition coefficient (Wildman–Crippen LogP) is 3.17. The number of para-hydroxylation sites is 1. The van der Waals surface area contributed by atoms with Crippen molar-refractivity contribution >= 4 is 16.7 Å². The van der Waals surface area contributed by atoms with Gasteiger partial charge in [-0.2, -0.15) is 4.98 Å². The van der Waals surface area contributed by atoms with Gasteiger partial charge >= 0.3 is 0 Å². The minimum atomic E-state index is 0.205. The summed E-state index contributed by atoms with van der Waals surface area (Å²) < 4.78 is 12.9. The number of hydrogen-bond donors (Lipinski definition) is 0. The molecule has 1 aromatic carbocycles. The van der Waals surface area contributed by atoms with E-state index in [2.05, 4.69) is 10.1 Å². The fraction of sp³-hybridized carbons (Fsp3) is 0.421. The molecule has 25 heavy (non-hydrogen) atoms. The Morgan fingerprint density at radius 3 is 2.92 bits per heavy atom. The number of carbonyl (C=O) groups excluding carboxylic acids is 1. The molecule has 0 radical (unpaired) electrons. The van der Waals surface area contributed by atoms with Crippen molar-refractivity contribution in [3.05, 3.63) is 47.7 Å². The van der Waals surface area contributed by atoms with Crippen molar-refractivity contribution in [1.82, 2.24) is 14.7 Å². The van der Waals surface area contributed by atoms with Gasteiger partial charge in [0.25, 0.3) is 0 Å². The monoisotopic (exact) mass is 337 g/mol. The second-order valence-electron chi connectivity index (χ2n) is 6.93. The van der Waals surface area contributed by atoms with Gasteiger partial charge in [-0.25, -0.2) is 0 Å². The van der Waals surface area contributed by atoms with Crippen LogP contribution in [0, 0.1) is 5.92 Å². The predicted molar refractivity (Wildman–Crippen MR) is 90.6 cm³/mol. The maximum absolute atomic E-state index is 12.6. The molecule has 0 spiro atoms. The number of benzene rings is 1. The Kier molecular flexibility index (Phi) is 3.45. The Morgan fingerprint density at radius 2 is 2.12 bits per heavy atom. The third-order valence-electron chi connectivity index (χ3n) is 5.09. The van der Waals surface area contributed by atoms with Crippen molar-refractivity contribution in [2.24, 2.45) is 5.92 Å². The van der Waals surface area contributed by atoms with E-state index in [4.69, 9.17) is 9.26 Å². The lowest BCUT2D eigenvalue weighted by atomic mass is 10.1. The molecular weight excluding hydrogens is 318 g/mol. The summed E-state index contributed by atoms with van der Waals surface area (Å²) in [6.45, 7) is 1.88. The van der Waals surface area contributed by atoms with Gasteiger partial charge in [-0.1, -0.05) is 23.4 Å². The summed E-state index contributed by atoms with van der Waals surface area (Å²) in [4.78, 5) is 17.1. The zero-order chi connectivity index (χ0) is 16.8. The number of hydrogen-bond acceptors (Lipinski definition) is 5. The summed E-state index contributed by atoms with van der Waals surface area (Å²) in [5.74, 6) is 1.97. The summed E-state index contributed by atoms with van der Waals surface area (Å²) in [6.07, 6.45) is 4.89. The van der Waals surface area contributed by atoms with Gasteiger partial charge in [0.05, 0.1) is 6.61 Å². The number of ether oxygens (including phenoxy) is 1. The van der Waals surface area contributed by atoms with Crippen LogP contribution in [0.4, 0.5) is 0 Å². The van der Waals surface area contributed by atoms with E-state index in [-0.39, 0.29) is 17.6 Å². The van der Waals surface area contributed by atoms with Gasteiger partial charge in [0, 0.05) is 41.1 Å². The van der Waals surface area contributed by atoms with Crippen LogP contribution in [0.3, 0.4) is 0 Å². The highest BCUT2D eigenvalue weighted by molar-refractivity contribution is 6.09. The van der Waals surface area contributed by atoms with Crippen LogP contribution in [-0.4, -0.2) is 33.7 Å². The number of rotatable bonds is 5. The third kappa shape index (κ3) is 2.66. The van der Waals surface area contributed by atoms with E-state index < -0.39 is 0 Å². The van der Waals surface area contributed by atoms with Gasteiger partial charge in [-0.3, -0.25) is 4.79 Å². The van der Waals surface area contributed by atoms with Crippen molar-refractivity contribution in [3.8, 4) is 0 Å². The summed E-state index contributed by atoms with van der Waals surface area (Å²) >= 11 is 0. The van der Waals surface area contributed by atoms with Crippen molar-refractivity contribution in [2.45, 2.75) is 31.7 Å². The standard InChI is InChI=1S/C19H19N3O3/c23-18(12-5-6-12)15-9-22(16-4-2-1-3-14(15)16)10-17-20-19(21-25-17)13-7-8-24-11-13/h1-4,9,12-13H,5-8,10-11H2. The molecule has 3 heterocycles. The Labute approximate surface area is 144 Å². The second-order valence-corrected chi connectivity index (χ2v) is 6.93. The SMILES string of the molecule is O=C(c1cn(Cc2nc(C3CCOC3)no2)c2ccccc12)C1CC1. The first-order valence-corrected chi connectivity index (χ1v) is 8.82. The topological polar surface area (TPSA) is 70.2 Å². The molecule has 0 amide bonds. The molecule has 3 aromatic rings. The molecule has 2 aliphatic rings. The molecule has 5 rings (SSSR count). The quantitative estimate of drug-likeness (QED) is 0.669. The van der Waals surface area contributed by atoms with Crippen LogP contribution < -0.4 is 0 Å². The van der Waals surface area contributed by atoms with E-state index in [1.54, 1.807) is 0 Å². The number of fused-ring (bicyclic) bond motifs is 1. The van der Waals surface area contributed by atoms with E-state index in [1.807, 2.05) is 35.0 Å². The highest BCUT2D eigenvalue weighted by Crippen LogP contribution is 2.35. The van der Waals surface area contributed by atoms with Crippen molar-refractivity contribution in [3.63, 3.8) is 0 Å². The Morgan fingerprint density at radius 1 is 1.24 bits per heavy atom. The molecule has 1 unspecified atom stereocenters. The van der Waals surface area contributed by atoms with Gasteiger partial charge in [0.1, 0.15) is 6.54 Å². The molecule has 1 saturated carbocycles. The number of aromatic nitrogens is 3. The average Bonchev–Trinajstić information content (AvgIpc) is 3.03. The molecule has 0 bridgehead atoms. The molecule has 1 aliphatic carbocycles. The maximum atomic E-state index is 12.6. The summed E-state index contributed by atoms with van der Waals surface area (Å²) in [7, 11) is 0. The molecule has 1 atom stereocenters. The second kappa shape index (κ2) is 5.81. The molecule has 2 aromatic heterocycles. The summed E-state index contributed by atoms with van der Waals surface area (Å²) in [5.41, 5.74) is 1.83. The normalized spacial score (nSPS) is 20.4. The largest absolute Gasteiger partial charge is 0.381 e. The number of Topliss-reactive ketones (excluding diaryl/α,β-unsaturated/α-hetero) is 1. The van der Waals surface area contributed by atoms with Gasteiger partial charge < -0.3 is 13.8 Å². The van der Waals surface area contributed by atoms with Gasteiger partial charge in [0.15, 0.2) is 11.6 Å². The van der Waals surface area contributed by atoms with Gasteiger partial charge in [0.2, 0.25) is 5.89 Å². The molecule has 1 aliphatic heterocycles. The number of carbonyl (C=O) groups is 1. The Bertz CT molecular complexity index is 932. The van der Waals surface area contributed by atoms with Crippen molar-refractivity contribution in [1.29, 1.82) is 0 Å². The Hall–Kier alpha value is -2.47. The Balaban J connectivity index is 1.47. The van der Waals surface area contributed by atoms with Crippen LogP contribution in [0.25, 0.3) is 10.9 Å². The van der Waals surface area contributed by atoms with Crippen LogP contribution >= 0.6 is 0 Å². The lowest BCUT2D eigenvalue weighted by Crippen LogP contribution is -2.02. The highest BCUT2D eigenvalue weighted by atomic mass is 16.5. The fourth-order valence-corrected chi connectivity index (χ4v) is 3.52. The molecule has 6 nitrogen and oxygen atoms in total. The zero-order valence-corrected chi connectivity index (χ0v) is 13.9. The van der Waals surface area contributed by atoms with Gasteiger partial charge in [-0.15, -0.1) is 0 Å². The van der Waals surface area contributed by atoms with E-state index in [1.165, 1.54) is 0 Å². The van der Waals surface area contributed by atoms with Crippen LogP contribution in [0.2, 0.25) is 0 Å². The minimum Gasteiger partial charge on any atom is -0.381 e. The fourth-order valence-electron chi connectivity index (χ4n) is 3.52. The summed E-state index contributed by atoms with van der Waals surface area (Å²) in [6, 6.07) is 8.00. The highest BCUT2D eigenvalue weighted by Gasteiger charge is 2.32. The van der Waals surface area contributed by atoms with Crippen LogP contribution in [0.5, 0.6) is 0 Å². The van der Waals surface area contributed by atoms with Crippen LogP contribution in [-0.2, 0) is 11.3 Å². The average molecular weight is 337 g/mol. The molecular formula is C19H19N3O3. The van der Waals surface area contributed by atoms with Crippen LogP contribution in [0.1, 0.15) is 47.3 Å². The van der Waals surface area contributed by atoms with Gasteiger partial charge in [-0.05, 0) is 25.3 Å². The first-order valence-electron chi connectivity index (χ1n) is 8.82. The molecule has 128 valence electrons. The minimum absolute atomic E-state index is 0.205. The summed E-state index contributed by atoms with van der Waals surface area (Å²) in [5, 5.41) is 5.11. The van der Waals surface area contributed by atoms with E-state index in [0.29, 0.717) is 19.0 Å². The van der Waals surface area contributed by atoms with E-state index >= 15 is 0 Å². The number of nitrogens with zero attached hydrogens (tertiary/aromatic N) is 3. The first-order chi connectivity index (χ1) is 12.3. The molecule has 6 heteroatoms. The van der Waals surface area contributed by atoms with Crippen LogP contribution in [0.15, 0.2) is 35.0 Å². The number of ketones is 1. The zero-order valence-electron chi connectivity index (χ0n) is 13.9. The maximum Gasteiger partial charge on any atom is 0.246 e. The lowest BCUT2D eigenvalue weighted by molar-refractivity contribution is 0.0969. The molecule has 1 saturated heterocycles. The smallest absolute Gasteiger partial charge is 0.246 e. The molecule has 2 fully saturated rings. The van der Waals surface area contributed by atoms with Crippen molar-refractivity contribution in [2.75, 3.05) is 13.2 Å². The van der Waals surface area contributed by atoms with E-state index in [0.717, 1.165) is 48.2 Å². The lowest BCUT2D eigenvalue weighted by Gasteiger charge is -2.01.